The predicted octanol–water partition coefficient (Wildman–Crippen LogP) is -0.523. The maximum Gasteiger partial charge on any atom is 0.332 e. The van der Waals surface area contributed by atoms with Crippen molar-refractivity contribution in [3.63, 3.8) is 0 Å². The van der Waals surface area contributed by atoms with Crippen LogP contribution in [0.2, 0.25) is 0 Å². The Bertz CT molecular complexity index is 617. The van der Waals surface area contributed by atoms with Crippen molar-refractivity contribution in [1.82, 2.24) is 14.5 Å². The van der Waals surface area contributed by atoms with Crippen LogP contribution >= 0.6 is 0 Å². The third-order valence-corrected chi connectivity index (χ3v) is 3.06. The molecular formula is C13H23N5O3. The maximum absolute atomic E-state index is 12.1. The van der Waals surface area contributed by atoms with E-state index in [1.807, 2.05) is 13.8 Å². The summed E-state index contributed by atoms with van der Waals surface area (Å²) in [5.41, 5.74) is 5.14. The first-order valence-electron chi connectivity index (χ1n) is 7.03. The van der Waals surface area contributed by atoms with Crippen molar-refractivity contribution in [2.75, 3.05) is 24.1 Å². The third-order valence-electron chi connectivity index (χ3n) is 3.06. The van der Waals surface area contributed by atoms with Crippen molar-refractivity contribution in [3.05, 3.63) is 20.8 Å². The van der Waals surface area contributed by atoms with Gasteiger partial charge in [0.15, 0.2) is 0 Å². The lowest BCUT2D eigenvalue weighted by Gasteiger charge is -2.15. The molecule has 0 saturated heterocycles. The van der Waals surface area contributed by atoms with E-state index in [0.29, 0.717) is 13.1 Å². The fourth-order valence-corrected chi connectivity index (χ4v) is 1.98. The summed E-state index contributed by atoms with van der Waals surface area (Å²) >= 11 is 0. The Morgan fingerprint density at radius 1 is 1.29 bits per heavy atom. The lowest BCUT2D eigenvalue weighted by molar-refractivity contribution is -0.120. The Balaban J connectivity index is 2.99. The van der Waals surface area contributed by atoms with Gasteiger partial charge in [0.2, 0.25) is 5.91 Å². The second kappa shape index (κ2) is 7.51. The summed E-state index contributed by atoms with van der Waals surface area (Å²) in [7, 11) is 1.41. The van der Waals surface area contributed by atoms with Gasteiger partial charge in [0.1, 0.15) is 11.5 Å². The van der Waals surface area contributed by atoms with Gasteiger partial charge in [-0.1, -0.05) is 6.92 Å². The molecule has 1 heterocycles. The van der Waals surface area contributed by atoms with Gasteiger partial charge in [0.25, 0.3) is 5.56 Å². The third kappa shape index (κ3) is 3.87. The second-order valence-corrected chi connectivity index (χ2v) is 4.69. The summed E-state index contributed by atoms with van der Waals surface area (Å²) in [6.07, 6.45) is 0.948. The molecule has 0 aromatic carbocycles. The molecule has 21 heavy (non-hydrogen) atoms. The molecular weight excluding hydrogens is 274 g/mol. The van der Waals surface area contributed by atoms with E-state index in [1.54, 1.807) is 0 Å². The van der Waals surface area contributed by atoms with E-state index in [0.717, 1.165) is 11.0 Å². The Hall–Kier alpha value is -2.25. The number of carbonyl (C=O) groups excluding carboxylic acids is 1. The highest BCUT2D eigenvalue weighted by atomic mass is 16.2. The number of nitrogen functional groups attached to an aromatic ring is 1. The van der Waals surface area contributed by atoms with Crippen molar-refractivity contribution in [2.45, 2.75) is 33.2 Å². The van der Waals surface area contributed by atoms with Gasteiger partial charge < -0.3 is 16.4 Å². The van der Waals surface area contributed by atoms with Gasteiger partial charge in [0, 0.05) is 33.1 Å². The number of nitrogens with two attached hydrogens (primary N) is 1. The van der Waals surface area contributed by atoms with Gasteiger partial charge in [-0.15, -0.1) is 0 Å². The smallest absolute Gasteiger partial charge is 0.332 e. The SMILES string of the molecule is CCCn1c(N)c(NCCC(=O)NCC)c(=O)n(C)c1=O. The number of rotatable bonds is 7. The van der Waals surface area contributed by atoms with Crippen LogP contribution in [0.25, 0.3) is 0 Å². The molecule has 1 amide bonds. The van der Waals surface area contributed by atoms with Crippen LogP contribution < -0.4 is 27.6 Å². The van der Waals surface area contributed by atoms with Crippen LogP contribution in [0.15, 0.2) is 9.59 Å². The molecule has 0 spiro atoms. The predicted molar refractivity (Wildman–Crippen MR) is 82.4 cm³/mol. The number of nitrogens with one attached hydrogen (secondary N) is 2. The number of aromatic nitrogens is 2. The van der Waals surface area contributed by atoms with E-state index < -0.39 is 11.2 Å². The zero-order valence-electron chi connectivity index (χ0n) is 12.7. The highest BCUT2D eigenvalue weighted by Crippen LogP contribution is 2.10. The Morgan fingerprint density at radius 2 is 1.95 bits per heavy atom. The van der Waals surface area contributed by atoms with E-state index >= 15 is 0 Å². The molecule has 0 radical (unpaired) electrons. The van der Waals surface area contributed by atoms with Crippen molar-refractivity contribution < 1.29 is 4.79 Å². The molecule has 0 fully saturated rings. The molecule has 1 aromatic heterocycles. The van der Waals surface area contributed by atoms with Crippen LogP contribution in [0, 0.1) is 0 Å². The van der Waals surface area contributed by atoms with Crippen LogP contribution in [0.4, 0.5) is 11.5 Å². The number of nitrogens with zero attached hydrogens (tertiary/aromatic N) is 2. The number of anilines is 2. The first-order chi connectivity index (χ1) is 9.93. The fourth-order valence-electron chi connectivity index (χ4n) is 1.98. The summed E-state index contributed by atoms with van der Waals surface area (Å²) in [6.45, 7) is 5.02. The average Bonchev–Trinajstić information content (AvgIpc) is 2.45. The minimum absolute atomic E-state index is 0.109. The van der Waals surface area contributed by atoms with Crippen LogP contribution in [0.3, 0.4) is 0 Å². The van der Waals surface area contributed by atoms with Crippen molar-refractivity contribution in [1.29, 1.82) is 0 Å². The van der Waals surface area contributed by atoms with Gasteiger partial charge in [0.05, 0.1) is 0 Å². The Kier molecular flexibility index (Phi) is 6.01. The molecule has 0 bridgehead atoms. The molecule has 118 valence electrons. The van der Waals surface area contributed by atoms with Gasteiger partial charge in [-0.05, 0) is 13.3 Å². The molecule has 0 saturated carbocycles. The molecule has 1 aromatic rings. The molecule has 4 N–H and O–H groups in total. The zero-order chi connectivity index (χ0) is 16.0. The van der Waals surface area contributed by atoms with Gasteiger partial charge in [-0.25, -0.2) is 4.79 Å². The number of hydrogen-bond acceptors (Lipinski definition) is 5. The number of hydrogen-bond donors (Lipinski definition) is 3. The van der Waals surface area contributed by atoms with E-state index in [2.05, 4.69) is 10.6 Å². The van der Waals surface area contributed by atoms with E-state index in [1.165, 1.54) is 11.6 Å². The fraction of sp³-hybridized carbons (Fsp3) is 0.615. The van der Waals surface area contributed by atoms with Gasteiger partial charge in [-0.2, -0.15) is 0 Å². The molecule has 0 unspecified atom stereocenters. The van der Waals surface area contributed by atoms with Crippen LogP contribution in [-0.2, 0) is 18.4 Å². The molecule has 8 nitrogen and oxygen atoms in total. The Labute approximate surface area is 122 Å². The van der Waals surface area contributed by atoms with E-state index in [9.17, 15) is 14.4 Å². The molecule has 0 aliphatic heterocycles. The average molecular weight is 297 g/mol. The minimum atomic E-state index is -0.485. The second-order valence-electron chi connectivity index (χ2n) is 4.69. The quantitative estimate of drug-likeness (QED) is 0.627. The Morgan fingerprint density at radius 3 is 2.52 bits per heavy atom. The van der Waals surface area contributed by atoms with E-state index in [-0.39, 0.29) is 30.4 Å². The highest BCUT2D eigenvalue weighted by Gasteiger charge is 2.14. The van der Waals surface area contributed by atoms with Crippen molar-refractivity contribution in [3.8, 4) is 0 Å². The summed E-state index contributed by atoms with van der Waals surface area (Å²) in [6, 6.07) is 0. The molecule has 0 atom stereocenters. The highest BCUT2D eigenvalue weighted by molar-refractivity contribution is 5.76. The summed E-state index contributed by atoms with van der Waals surface area (Å²) in [5.74, 6) is 0.00289. The normalized spacial score (nSPS) is 10.4. The largest absolute Gasteiger partial charge is 0.383 e. The molecule has 0 aliphatic carbocycles. The molecule has 1 rings (SSSR count). The van der Waals surface area contributed by atoms with Crippen LogP contribution in [0.5, 0.6) is 0 Å². The number of amides is 1. The van der Waals surface area contributed by atoms with Crippen LogP contribution in [-0.4, -0.2) is 28.1 Å². The first kappa shape index (κ1) is 16.8. The van der Waals surface area contributed by atoms with Gasteiger partial charge >= 0.3 is 5.69 Å². The van der Waals surface area contributed by atoms with Gasteiger partial charge in [-0.3, -0.25) is 18.7 Å². The van der Waals surface area contributed by atoms with Crippen LogP contribution in [0.1, 0.15) is 26.7 Å². The lowest BCUT2D eigenvalue weighted by atomic mass is 10.3. The maximum atomic E-state index is 12.1. The summed E-state index contributed by atoms with van der Waals surface area (Å²) < 4.78 is 2.37. The summed E-state index contributed by atoms with van der Waals surface area (Å²) in [5, 5.41) is 5.52. The standard InChI is InChI=1S/C13H23N5O3/c1-4-8-18-11(14)10(12(20)17(3)13(18)21)16-7-6-9(19)15-5-2/h16H,4-8,14H2,1-3H3,(H,15,19). The lowest BCUT2D eigenvalue weighted by Crippen LogP contribution is -2.41. The zero-order valence-corrected chi connectivity index (χ0v) is 12.7. The first-order valence-corrected chi connectivity index (χ1v) is 7.03. The van der Waals surface area contributed by atoms with E-state index in [4.69, 9.17) is 5.73 Å². The van der Waals surface area contributed by atoms with Crippen molar-refractivity contribution in [2.24, 2.45) is 7.05 Å². The minimum Gasteiger partial charge on any atom is -0.383 e. The number of carbonyl (C=O) groups is 1. The topological polar surface area (TPSA) is 111 Å². The molecule has 8 heteroatoms. The summed E-state index contributed by atoms with van der Waals surface area (Å²) in [4.78, 5) is 35.4. The van der Waals surface area contributed by atoms with Crippen molar-refractivity contribution >= 4 is 17.4 Å². The monoisotopic (exact) mass is 297 g/mol. The molecule has 0 aliphatic rings.